The maximum absolute atomic E-state index is 11.7. The molecule has 1 atom stereocenters. The second kappa shape index (κ2) is 8.97. The van der Waals surface area contributed by atoms with E-state index in [9.17, 15) is 9.90 Å². The third-order valence-electron chi connectivity index (χ3n) is 2.38. The highest BCUT2D eigenvalue weighted by Gasteiger charge is 2.12. The van der Waals surface area contributed by atoms with E-state index in [1.165, 1.54) is 11.8 Å². The summed E-state index contributed by atoms with van der Waals surface area (Å²) in [5.74, 6) is 1.10. The molecule has 5 heteroatoms. The maximum Gasteiger partial charge on any atom is 0.230 e. The summed E-state index contributed by atoms with van der Waals surface area (Å²) in [6, 6.07) is 9.12. The number of aliphatic hydroxyl groups excluding tert-OH is 1. The molecule has 1 amide bonds. The maximum atomic E-state index is 11.7. The molecule has 0 aliphatic carbocycles. The number of hydrogen-bond donors (Lipinski definition) is 2. The summed E-state index contributed by atoms with van der Waals surface area (Å²) in [6.07, 6.45) is 0. The van der Waals surface area contributed by atoms with Gasteiger partial charge < -0.3 is 15.2 Å². The molecule has 100 valence electrons. The standard InChI is InChI=1S/C13H19NO3S/c1-17-7-8-18-10-13(16)14-12(9-15)11-5-3-2-4-6-11/h2-6,12,15H,7-10H2,1H3,(H,14,16)/t12-/m1/s1. The van der Waals surface area contributed by atoms with E-state index >= 15 is 0 Å². The molecule has 0 aliphatic heterocycles. The van der Waals surface area contributed by atoms with Gasteiger partial charge in [0.15, 0.2) is 0 Å². The number of nitrogens with one attached hydrogen (secondary N) is 1. The van der Waals surface area contributed by atoms with Crippen molar-refractivity contribution in [3.05, 3.63) is 35.9 Å². The van der Waals surface area contributed by atoms with Gasteiger partial charge >= 0.3 is 0 Å². The third-order valence-corrected chi connectivity index (χ3v) is 3.31. The average Bonchev–Trinajstić information content (AvgIpc) is 2.42. The number of amides is 1. The van der Waals surface area contributed by atoms with Crippen molar-refractivity contribution in [1.82, 2.24) is 5.32 Å². The van der Waals surface area contributed by atoms with E-state index in [1.807, 2.05) is 30.3 Å². The number of hydrogen-bond acceptors (Lipinski definition) is 4. The van der Waals surface area contributed by atoms with Gasteiger partial charge in [-0.25, -0.2) is 0 Å². The summed E-state index contributed by atoms with van der Waals surface area (Å²) in [6.45, 7) is 0.540. The van der Waals surface area contributed by atoms with Gasteiger partial charge in [0, 0.05) is 12.9 Å². The first kappa shape index (κ1) is 15.0. The molecule has 0 bridgehead atoms. The van der Waals surface area contributed by atoms with Crippen LogP contribution in [-0.4, -0.2) is 42.8 Å². The molecule has 1 aromatic rings. The fourth-order valence-corrected chi connectivity index (χ4v) is 2.16. The van der Waals surface area contributed by atoms with Gasteiger partial charge in [0.25, 0.3) is 0 Å². The monoisotopic (exact) mass is 269 g/mol. The Balaban J connectivity index is 2.37. The molecule has 0 saturated heterocycles. The zero-order valence-corrected chi connectivity index (χ0v) is 11.3. The Labute approximate surface area is 112 Å². The molecule has 1 rings (SSSR count). The quantitative estimate of drug-likeness (QED) is 0.697. The minimum Gasteiger partial charge on any atom is -0.394 e. The fraction of sp³-hybridized carbons (Fsp3) is 0.462. The first-order chi connectivity index (χ1) is 8.77. The van der Waals surface area contributed by atoms with Gasteiger partial charge in [-0.05, 0) is 5.56 Å². The molecular weight excluding hydrogens is 250 g/mol. The van der Waals surface area contributed by atoms with E-state index in [1.54, 1.807) is 7.11 Å². The number of benzene rings is 1. The van der Waals surface area contributed by atoms with Crippen molar-refractivity contribution in [1.29, 1.82) is 0 Å². The Morgan fingerprint density at radius 2 is 2.17 bits per heavy atom. The summed E-state index contributed by atoms with van der Waals surface area (Å²) in [4.78, 5) is 11.7. The van der Waals surface area contributed by atoms with Crippen LogP contribution in [0.15, 0.2) is 30.3 Å². The Hall–Kier alpha value is -1.04. The molecule has 0 radical (unpaired) electrons. The Kier molecular flexibility index (Phi) is 7.48. The van der Waals surface area contributed by atoms with Crippen LogP contribution in [0.1, 0.15) is 11.6 Å². The Bertz CT molecular complexity index is 345. The van der Waals surface area contributed by atoms with Crippen LogP contribution < -0.4 is 5.32 Å². The predicted octanol–water partition coefficient (Wildman–Crippen LogP) is 1.22. The van der Waals surface area contributed by atoms with Crippen LogP contribution in [0, 0.1) is 0 Å². The molecule has 0 heterocycles. The van der Waals surface area contributed by atoms with Crippen molar-refractivity contribution in [2.24, 2.45) is 0 Å². The van der Waals surface area contributed by atoms with Gasteiger partial charge in [-0.1, -0.05) is 30.3 Å². The number of rotatable bonds is 8. The van der Waals surface area contributed by atoms with Gasteiger partial charge in [-0.3, -0.25) is 4.79 Å². The molecule has 0 aliphatic rings. The lowest BCUT2D eigenvalue weighted by atomic mass is 10.1. The zero-order valence-electron chi connectivity index (χ0n) is 10.5. The molecule has 0 aromatic heterocycles. The van der Waals surface area contributed by atoms with Gasteiger partial charge in [0.1, 0.15) is 0 Å². The third kappa shape index (κ3) is 5.53. The van der Waals surface area contributed by atoms with Gasteiger partial charge in [-0.2, -0.15) is 0 Å². The number of methoxy groups -OCH3 is 1. The highest BCUT2D eigenvalue weighted by atomic mass is 32.2. The van der Waals surface area contributed by atoms with Gasteiger partial charge in [0.05, 0.1) is 25.0 Å². The molecular formula is C13H19NO3S. The summed E-state index contributed by atoms with van der Waals surface area (Å²) in [7, 11) is 1.64. The molecule has 1 aromatic carbocycles. The van der Waals surface area contributed by atoms with Crippen molar-refractivity contribution in [3.8, 4) is 0 Å². The fourth-order valence-electron chi connectivity index (χ4n) is 1.46. The van der Waals surface area contributed by atoms with Crippen molar-refractivity contribution in [2.45, 2.75) is 6.04 Å². The molecule has 4 nitrogen and oxygen atoms in total. The Morgan fingerprint density at radius 1 is 1.44 bits per heavy atom. The van der Waals surface area contributed by atoms with Crippen molar-refractivity contribution in [2.75, 3.05) is 31.8 Å². The van der Waals surface area contributed by atoms with E-state index in [0.29, 0.717) is 12.4 Å². The lowest BCUT2D eigenvalue weighted by molar-refractivity contribution is -0.119. The van der Waals surface area contributed by atoms with Crippen LogP contribution in [0.4, 0.5) is 0 Å². The van der Waals surface area contributed by atoms with E-state index < -0.39 is 0 Å². The molecule has 0 fully saturated rings. The SMILES string of the molecule is COCCSCC(=O)N[C@H](CO)c1ccccc1. The second-order valence-electron chi connectivity index (χ2n) is 3.76. The number of aliphatic hydroxyl groups is 1. The summed E-state index contributed by atoms with van der Waals surface area (Å²) >= 11 is 1.51. The zero-order chi connectivity index (χ0) is 13.2. The Morgan fingerprint density at radius 3 is 2.78 bits per heavy atom. The molecule has 2 N–H and O–H groups in total. The lowest BCUT2D eigenvalue weighted by Crippen LogP contribution is -2.32. The molecule has 0 unspecified atom stereocenters. The number of thioether (sulfide) groups is 1. The first-order valence-corrected chi connectivity index (χ1v) is 6.95. The number of carbonyl (C=O) groups is 1. The van der Waals surface area contributed by atoms with Crippen LogP contribution in [0.5, 0.6) is 0 Å². The average molecular weight is 269 g/mol. The van der Waals surface area contributed by atoms with E-state index in [0.717, 1.165) is 11.3 Å². The van der Waals surface area contributed by atoms with E-state index in [2.05, 4.69) is 5.32 Å². The highest BCUT2D eigenvalue weighted by Crippen LogP contribution is 2.11. The van der Waals surface area contributed by atoms with Crippen LogP contribution in [-0.2, 0) is 9.53 Å². The normalized spacial score (nSPS) is 12.1. The summed E-state index contributed by atoms with van der Waals surface area (Å²) in [5, 5.41) is 12.1. The number of carbonyl (C=O) groups excluding carboxylic acids is 1. The van der Waals surface area contributed by atoms with Crippen molar-refractivity contribution < 1.29 is 14.6 Å². The lowest BCUT2D eigenvalue weighted by Gasteiger charge is -2.16. The minimum absolute atomic E-state index is 0.0704. The smallest absolute Gasteiger partial charge is 0.230 e. The molecule has 0 spiro atoms. The van der Waals surface area contributed by atoms with E-state index in [-0.39, 0.29) is 18.6 Å². The largest absolute Gasteiger partial charge is 0.394 e. The minimum atomic E-state index is -0.332. The highest BCUT2D eigenvalue weighted by molar-refractivity contribution is 7.99. The van der Waals surface area contributed by atoms with Crippen molar-refractivity contribution >= 4 is 17.7 Å². The van der Waals surface area contributed by atoms with Crippen molar-refractivity contribution in [3.63, 3.8) is 0 Å². The van der Waals surface area contributed by atoms with Gasteiger partial charge in [0.2, 0.25) is 5.91 Å². The van der Waals surface area contributed by atoms with Crippen LogP contribution in [0.2, 0.25) is 0 Å². The topological polar surface area (TPSA) is 58.6 Å². The summed E-state index contributed by atoms with van der Waals surface area (Å²) in [5.41, 5.74) is 0.912. The summed E-state index contributed by atoms with van der Waals surface area (Å²) < 4.78 is 4.90. The van der Waals surface area contributed by atoms with Gasteiger partial charge in [-0.15, -0.1) is 11.8 Å². The second-order valence-corrected chi connectivity index (χ2v) is 4.86. The van der Waals surface area contributed by atoms with Crippen LogP contribution in [0.3, 0.4) is 0 Å². The molecule has 18 heavy (non-hydrogen) atoms. The molecule has 0 saturated carbocycles. The number of ether oxygens (including phenoxy) is 1. The first-order valence-electron chi connectivity index (χ1n) is 5.79. The van der Waals surface area contributed by atoms with E-state index in [4.69, 9.17) is 4.74 Å². The predicted molar refractivity (Wildman–Crippen MR) is 73.6 cm³/mol. The van der Waals surface area contributed by atoms with Crippen LogP contribution in [0.25, 0.3) is 0 Å². The van der Waals surface area contributed by atoms with Crippen LogP contribution >= 0.6 is 11.8 Å².